The normalized spacial score (nSPS) is 18.9. The summed E-state index contributed by atoms with van der Waals surface area (Å²) < 4.78 is 28.5. The van der Waals surface area contributed by atoms with Gasteiger partial charge < -0.3 is 15.5 Å². The fraction of sp³-hybridized carbons (Fsp3) is 0.600. The number of hydrogen-bond donors (Lipinski definition) is 1. The predicted octanol–water partition coefficient (Wildman–Crippen LogP) is 2.00. The Morgan fingerprint density at radius 2 is 1.80 bits per heavy atom. The van der Waals surface area contributed by atoms with Crippen LogP contribution in [0, 0.1) is 11.6 Å². The molecular formula is C15H23F2N3. The average molecular weight is 283 g/mol. The van der Waals surface area contributed by atoms with Crippen molar-refractivity contribution in [3.05, 3.63) is 29.3 Å². The highest BCUT2D eigenvalue weighted by Gasteiger charge is 2.20. The summed E-state index contributed by atoms with van der Waals surface area (Å²) >= 11 is 0. The molecule has 1 unspecified atom stereocenters. The summed E-state index contributed by atoms with van der Waals surface area (Å²) in [7, 11) is 2.03. The number of nitrogens with zero attached hydrogens (tertiary/aromatic N) is 2. The van der Waals surface area contributed by atoms with Gasteiger partial charge in [0.1, 0.15) is 17.3 Å². The second kappa shape index (κ2) is 6.50. The molecule has 1 aromatic carbocycles. The van der Waals surface area contributed by atoms with Crippen LogP contribution < -0.4 is 10.6 Å². The Labute approximate surface area is 119 Å². The van der Waals surface area contributed by atoms with Gasteiger partial charge in [-0.2, -0.15) is 0 Å². The first-order valence-electron chi connectivity index (χ1n) is 7.14. The Bertz CT molecular complexity index is 439. The molecule has 0 amide bonds. The number of nitrogens with two attached hydrogens (primary N) is 1. The molecule has 1 aliphatic heterocycles. The van der Waals surface area contributed by atoms with Crippen molar-refractivity contribution in [3.8, 4) is 0 Å². The predicted molar refractivity (Wildman–Crippen MR) is 78.0 cm³/mol. The summed E-state index contributed by atoms with van der Waals surface area (Å²) in [6, 6.07) is 2.72. The summed E-state index contributed by atoms with van der Waals surface area (Å²) in [5, 5.41) is 0. The largest absolute Gasteiger partial charge is 0.365 e. The zero-order valence-electron chi connectivity index (χ0n) is 12.2. The quantitative estimate of drug-likeness (QED) is 0.921. The Balaban J connectivity index is 2.23. The van der Waals surface area contributed by atoms with Gasteiger partial charge in [-0.05, 0) is 51.1 Å². The number of likely N-dealkylation sites (N-methyl/N-ethyl adjacent to an activating group) is 1. The molecule has 1 fully saturated rings. The van der Waals surface area contributed by atoms with Gasteiger partial charge in [-0.15, -0.1) is 0 Å². The van der Waals surface area contributed by atoms with E-state index in [4.69, 9.17) is 5.73 Å². The van der Waals surface area contributed by atoms with Crippen molar-refractivity contribution in [1.82, 2.24) is 4.90 Å². The third kappa shape index (κ3) is 3.67. The second-order valence-electron chi connectivity index (χ2n) is 5.73. The molecule has 1 aromatic rings. The van der Waals surface area contributed by atoms with E-state index < -0.39 is 11.6 Å². The number of hydrogen-bond acceptors (Lipinski definition) is 3. The Hall–Kier alpha value is -1.20. The lowest BCUT2D eigenvalue weighted by Crippen LogP contribution is -2.30. The highest BCUT2D eigenvalue weighted by molar-refractivity contribution is 5.51. The summed E-state index contributed by atoms with van der Waals surface area (Å²) in [6.07, 6.45) is 1.40. The lowest BCUT2D eigenvalue weighted by molar-refractivity contribution is 0.360. The van der Waals surface area contributed by atoms with Crippen molar-refractivity contribution < 1.29 is 8.78 Å². The van der Waals surface area contributed by atoms with Crippen molar-refractivity contribution in [2.75, 3.05) is 38.1 Å². The van der Waals surface area contributed by atoms with Gasteiger partial charge in [-0.1, -0.05) is 0 Å². The maximum absolute atomic E-state index is 14.2. The molecular weight excluding hydrogens is 260 g/mol. The zero-order chi connectivity index (χ0) is 14.7. The molecule has 5 heteroatoms. The van der Waals surface area contributed by atoms with Crippen LogP contribution in [0.2, 0.25) is 0 Å². The second-order valence-corrected chi connectivity index (χ2v) is 5.73. The Kier molecular flexibility index (Phi) is 4.94. The lowest BCUT2D eigenvalue weighted by atomic mass is 10.1. The van der Waals surface area contributed by atoms with Crippen LogP contribution in [0.5, 0.6) is 0 Å². The van der Waals surface area contributed by atoms with Gasteiger partial charge in [-0.3, -0.25) is 0 Å². The van der Waals surface area contributed by atoms with E-state index in [1.54, 1.807) is 0 Å². The smallest absolute Gasteiger partial charge is 0.149 e. The van der Waals surface area contributed by atoms with Crippen LogP contribution in [0.25, 0.3) is 0 Å². The summed E-state index contributed by atoms with van der Waals surface area (Å²) in [4.78, 5) is 3.99. The summed E-state index contributed by atoms with van der Waals surface area (Å²) in [5.41, 5.74) is 6.40. The average Bonchev–Trinajstić information content (AvgIpc) is 2.53. The van der Waals surface area contributed by atoms with Crippen LogP contribution in [-0.4, -0.2) is 44.2 Å². The van der Waals surface area contributed by atoms with Gasteiger partial charge in [0, 0.05) is 25.7 Å². The molecule has 0 bridgehead atoms. The fourth-order valence-electron chi connectivity index (χ4n) is 2.68. The van der Waals surface area contributed by atoms with Crippen molar-refractivity contribution in [3.63, 3.8) is 0 Å². The Morgan fingerprint density at radius 1 is 1.15 bits per heavy atom. The van der Waals surface area contributed by atoms with Crippen molar-refractivity contribution >= 4 is 5.69 Å². The van der Waals surface area contributed by atoms with Crippen LogP contribution in [0.3, 0.4) is 0 Å². The van der Waals surface area contributed by atoms with Gasteiger partial charge in [0.25, 0.3) is 0 Å². The van der Waals surface area contributed by atoms with Gasteiger partial charge in [-0.25, -0.2) is 8.78 Å². The van der Waals surface area contributed by atoms with Gasteiger partial charge in [0.15, 0.2) is 0 Å². The van der Waals surface area contributed by atoms with E-state index in [0.29, 0.717) is 25.1 Å². The maximum atomic E-state index is 14.2. The van der Waals surface area contributed by atoms with Gasteiger partial charge in [0.2, 0.25) is 0 Å². The number of rotatable bonds is 3. The van der Waals surface area contributed by atoms with Gasteiger partial charge >= 0.3 is 0 Å². The van der Waals surface area contributed by atoms with Crippen molar-refractivity contribution in [1.29, 1.82) is 0 Å². The molecule has 1 aliphatic rings. The molecule has 2 N–H and O–H groups in total. The molecule has 1 atom stereocenters. The summed E-state index contributed by atoms with van der Waals surface area (Å²) in [6.45, 7) is 4.94. The van der Waals surface area contributed by atoms with E-state index in [9.17, 15) is 8.78 Å². The first-order chi connectivity index (χ1) is 9.47. The lowest BCUT2D eigenvalue weighted by Gasteiger charge is -2.24. The number of anilines is 1. The molecule has 0 aliphatic carbocycles. The van der Waals surface area contributed by atoms with E-state index in [-0.39, 0.29) is 11.7 Å². The van der Waals surface area contributed by atoms with Gasteiger partial charge in [0.05, 0.1) is 0 Å². The van der Waals surface area contributed by atoms with E-state index >= 15 is 0 Å². The minimum atomic E-state index is -0.481. The van der Waals surface area contributed by atoms with Crippen LogP contribution in [0.15, 0.2) is 12.1 Å². The highest BCUT2D eigenvalue weighted by atomic mass is 19.1. The van der Waals surface area contributed by atoms with Crippen LogP contribution in [0.1, 0.15) is 18.9 Å². The van der Waals surface area contributed by atoms with Crippen molar-refractivity contribution in [2.45, 2.75) is 25.8 Å². The van der Waals surface area contributed by atoms with E-state index in [0.717, 1.165) is 19.5 Å². The summed E-state index contributed by atoms with van der Waals surface area (Å²) in [5.74, 6) is -0.963. The SMILES string of the molecule is CC(N)Cc1cc(F)c(N2CCCN(C)CC2)c(F)c1. The number of halogens is 2. The first-order valence-corrected chi connectivity index (χ1v) is 7.14. The van der Waals surface area contributed by atoms with Crippen LogP contribution in [0.4, 0.5) is 14.5 Å². The van der Waals surface area contributed by atoms with Crippen LogP contribution in [-0.2, 0) is 6.42 Å². The standard InChI is InChI=1S/C15H23F2N3/c1-11(18)8-12-9-13(16)15(14(17)10-12)20-5-3-4-19(2)6-7-20/h9-11H,3-8,18H2,1-2H3. The molecule has 1 heterocycles. The molecule has 1 saturated heterocycles. The first kappa shape index (κ1) is 15.2. The molecule has 0 aromatic heterocycles. The zero-order valence-corrected chi connectivity index (χ0v) is 12.2. The third-order valence-electron chi connectivity index (χ3n) is 3.67. The molecule has 0 saturated carbocycles. The van der Waals surface area contributed by atoms with Crippen molar-refractivity contribution in [2.24, 2.45) is 5.73 Å². The van der Waals surface area contributed by atoms with E-state index in [2.05, 4.69) is 4.90 Å². The molecule has 3 nitrogen and oxygen atoms in total. The molecule has 112 valence electrons. The maximum Gasteiger partial charge on any atom is 0.149 e. The molecule has 0 spiro atoms. The van der Waals surface area contributed by atoms with Crippen LogP contribution >= 0.6 is 0 Å². The third-order valence-corrected chi connectivity index (χ3v) is 3.67. The molecule has 0 radical (unpaired) electrons. The monoisotopic (exact) mass is 283 g/mol. The minimum Gasteiger partial charge on any atom is -0.365 e. The van der Waals surface area contributed by atoms with E-state index in [1.807, 2.05) is 18.9 Å². The molecule has 20 heavy (non-hydrogen) atoms. The Morgan fingerprint density at radius 3 is 2.40 bits per heavy atom. The minimum absolute atomic E-state index is 0.105. The topological polar surface area (TPSA) is 32.5 Å². The molecule has 2 rings (SSSR count). The number of benzene rings is 1. The highest BCUT2D eigenvalue weighted by Crippen LogP contribution is 2.26. The van der Waals surface area contributed by atoms with E-state index in [1.165, 1.54) is 12.1 Å². The fourth-order valence-corrected chi connectivity index (χ4v) is 2.68.